The van der Waals surface area contributed by atoms with Crippen molar-refractivity contribution < 1.29 is 26.9 Å². The first-order chi connectivity index (χ1) is 11.3. The molecule has 26 heavy (non-hydrogen) atoms. The molecule has 0 bridgehead atoms. The summed E-state index contributed by atoms with van der Waals surface area (Å²) in [5.41, 5.74) is -1.50. The molecule has 0 radical (unpaired) electrons. The van der Waals surface area contributed by atoms with Gasteiger partial charge in [0.25, 0.3) is 10.1 Å². The van der Waals surface area contributed by atoms with Crippen molar-refractivity contribution in [2.24, 2.45) is 5.41 Å². The second-order valence-corrected chi connectivity index (χ2v) is 16.2. The van der Waals surface area contributed by atoms with Gasteiger partial charge in [-0.1, -0.05) is 41.5 Å². The lowest BCUT2D eigenvalue weighted by molar-refractivity contribution is -0.00255. The summed E-state index contributed by atoms with van der Waals surface area (Å²) in [7, 11) is -5.78. The number of carbonyl (C=O) groups is 1. The number of amides is 1. The summed E-state index contributed by atoms with van der Waals surface area (Å²) in [6.45, 7) is 16.4. The van der Waals surface area contributed by atoms with E-state index in [1.165, 1.54) is 4.90 Å². The molecule has 1 amide bonds. The highest BCUT2D eigenvalue weighted by Gasteiger charge is 2.57. The first-order valence-corrected chi connectivity index (χ1v) is 13.6. The Kier molecular flexibility index (Phi) is 6.36. The van der Waals surface area contributed by atoms with Gasteiger partial charge in [-0.2, -0.15) is 8.42 Å². The molecule has 0 unspecified atom stereocenters. The van der Waals surface area contributed by atoms with Gasteiger partial charge in [0.05, 0.1) is 24.5 Å². The zero-order valence-corrected chi connectivity index (χ0v) is 19.4. The van der Waals surface area contributed by atoms with Gasteiger partial charge in [-0.05, 0) is 23.5 Å². The topological polar surface area (TPSA) is 93.1 Å². The van der Waals surface area contributed by atoms with Crippen LogP contribution in [0.25, 0.3) is 0 Å². The van der Waals surface area contributed by atoms with Crippen LogP contribution in [0.4, 0.5) is 4.79 Å². The Balaban J connectivity index is 3.25. The lowest BCUT2D eigenvalue weighted by atomic mass is 9.72. The quantitative estimate of drug-likeness (QED) is 0.551. The summed E-state index contributed by atoms with van der Waals surface area (Å²) >= 11 is 0. The van der Waals surface area contributed by atoms with Gasteiger partial charge in [-0.25, -0.2) is 4.79 Å². The van der Waals surface area contributed by atoms with E-state index in [2.05, 4.69) is 33.9 Å². The summed E-state index contributed by atoms with van der Waals surface area (Å²) in [5.74, 6) is 0. The Hall–Kier alpha value is -0.643. The third-order valence-corrected chi connectivity index (χ3v) is 11.0. The third kappa shape index (κ3) is 4.99. The molecule has 7 nitrogen and oxygen atoms in total. The molecule has 0 aliphatic carbocycles. The van der Waals surface area contributed by atoms with E-state index in [4.69, 9.17) is 8.61 Å². The van der Waals surface area contributed by atoms with E-state index in [-0.39, 0.29) is 24.3 Å². The van der Waals surface area contributed by atoms with Crippen molar-refractivity contribution in [2.45, 2.75) is 77.7 Å². The minimum atomic E-state index is -3.69. The molecule has 1 fully saturated rings. The molecule has 9 heteroatoms. The van der Waals surface area contributed by atoms with Crippen LogP contribution in [-0.2, 0) is 18.7 Å². The molecule has 1 aliphatic rings. The van der Waals surface area contributed by atoms with Crippen molar-refractivity contribution in [3.05, 3.63) is 0 Å². The molecule has 1 saturated heterocycles. The second kappa shape index (κ2) is 7.07. The average molecular weight is 410 g/mol. The lowest BCUT2D eigenvalue weighted by Crippen LogP contribution is -2.58. The number of hydrogen-bond donors (Lipinski definition) is 1. The van der Waals surface area contributed by atoms with Crippen molar-refractivity contribution in [2.75, 3.05) is 19.4 Å². The number of carboxylic acid groups (broad SMARTS) is 1. The standard InChI is InChI=1S/C17H35NO6SSi/c1-15(2,3)17(12-23-25(7,21)22)10-13(11-18(17)14(19)20)24-26(8,9)16(4,5)6/h13H,10-12H2,1-9H3,(H,19,20)/t13-,17-/m1/s1. The van der Waals surface area contributed by atoms with Crippen LogP contribution in [0.1, 0.15) is 48.0 Å². The molecule has 1 rings (SSSR count). The third-order valence-electron chi connectivity index (χ3n) is 5.87. The van der Waals surface area contributed by atoms with Crippen LogP contribution < -0.4 is 0 Å². The number of rotatable bonds is 5. The van der Waals surface area contributed by atoms with Gasteiger partial charge in [0.2, 0.25) is 0 Å². The maximum absolute atomic E-state index is 12.0. The Bertz CT molecular complexity index is 635. The molecule has 2 atom stereocenters. The highest BCUT2D eigenvalue weighted by Crippen LogP contribution is 2.47. The summed E-state index contributed by atoms with van der Waals surface area (Å²) in [4.78, 5) is 13.3. The van der Waals surface area contributed by atoms with E-state index in [9.17, 15) is 18.3 Å². The van der Waals surface area contributed by atoms with Crippen LogP contribution in [0.3, 0.4) is 0 Å². The normalized spacial score (nSPS) is 25.6. The molecular weight excluding hydrogens is 374 g/mol. The molecule has 0 spiro atoms. The van der Waals surface area contributed by atoms with Gasteiger partial charge in [-0.3, -0.25) is 9.08 Å². The summed E-state index contributed by atoms with van der Waals surface area (Å²) < 4.78 is 34.7. The first-order valence-electron chi connectivity index (χ1n) is 8.85. The Morgan fingerprint density at radius 1 is 1.23 bits per heavy atom. The van der Waals surface area contributed by atoms with Gasteiger partial charge in [0.15, 0.2) is 8.32 Å². The monoisotopic (exact) mass is 409 g/mol. The largest absolute Gasteiger partial charge is 0.465 e. The van der Waals surface area contributed by atoms with Gasteiger partial charge in [0.1, 0.15) is 0 Å². The van der Waals surface area contributed by atoms with Crippen LogP contribution in [0, 0.1) is 5.41 Å². The average Bonchev–Trinajstić information content (AvgIpc) is 2.73. The van der Waals surface area contributed by atoms with Crippen LogP contribution in [0.15, 0.2) is 0 Å². The zero-order valence-electron chi connectivity index (χ0n) is 17.5. The van der Waals surface area contributed by atoms with E-state index >= 15 is 0 Å². The molecule has 0 saturated carbocycles. The zero-order chi connectivity index (χ0) is 20.8. The van der Waals surface area contributed by atoms with Crippen LogP contribution >= 0.6 is 0 Å². The smallest absolute Gasteiger partial charge is 0.407 e. The van der Waals surface area contributed by atoms with Crippen molar-refractivity contribution in [3.8, 4) is 0 Å². The van der Waals surface area contributed by atoms with Crippen LogP contribution in [0.2, 0.25) is 18.1 Å². The number of hydrogen-bond acceptors (Lipinski definition) is 5. The van der Waals surface area contributed by atoms with Gasteiger partial charge in [-0.15, -0.1) is 0 Å². The Morgan fingerprint density at radius 2 is 1.73 bits per heavy atom. The van der Waals surface area contributed by atoms with E-state index in [1.54, 1.807) is 0 Å². The van der Waals surface area contributed by atoms with E-state index in [0.29, 0.717) is 6.42 Å². The summed E-state index contributed by atoms with van der Waals surface area (Å²) in [6.07, 6.45) is 0.0189. The van der Waals surface area contributed by atoms with E-state index in [0.717, 1.165) is 6.26 Å². The molecule has 1 N–H and O–H groups in total. The lowest BCUT2D eigenvalue weighted by Gasteiger charge is -2.46. The molecular formula is C17H35NO6SSi. The fraction of sp³-hybridized carbons (Fsp3) is 0.941. The van der Waals surface area contributed by atoms with Gasteiger partial charge in [0, 0.05) is 13.0 Å². The number of nitrogens with zero attached hydrogens (tertiary/aromatic N) is 1. The number of likely N-dealkylation sites (tertiary alicyclic amines) is 1. The first kappa shape index (κ1) is 23.4. The van der Waals surface area contributed by atoms with Crippen molar-refractivity contribution in [1.82, 2.24) is 4.90 Å². The van der Waals surface area contributed by atoms with Crippen molar-refractivity contribution in [3.63, 3.8) is 0 Å². The summed E-state index contributed by atoms with van der Waals surface area (Å²) in [6, 6.07) is 0. The molecule has 1 aliphatic heterocycles. The predicted octanol–water partition coefficient (Wildman–Crippen LogP) is 3.52. The fourth-order valence-corrected chi connectivity index (χ4v) is 4.89. The predicted molar refractivity (Wildman–Crippen MR) is 104 cm³/mol. The molecule has 0 aromatic carbocycles. The summed E-state index contributed by atoms with van der Waals surface area (Å²) in [5, 5.41) is 9.79. The Morgan fingerprint density at radius 3 is 2.08 bits per heavy atom. The fourth-order valence-electron chi connectivity index (χ4n) is 3.13. The minimum Gasteiger partial charge on any atom is -0.465 e. The van der Waals surface area contributed by atoms with Crippen LogP contribution in [0.5, 0.6) is 0 Å². The van der Waals surface area contributed by atoms with Gasteiger partial charge < -0.3 is 9.53 Å². The molecule has 0 aromatic rings. The molecule has 0 aromatic heterocycles. The molecule has 1 heterocycles. The van der Waals surface area contributed by atoms with E-state index in [1.807, 2.05) is 20.8 Å². The van der Waals surface area contributed by atoms with Crippen molar-refractivity contribution >= 4 is 24.5 Å². The van der Waals surface area contributed by atoms with Crippen molar-refractivity contribution in [1.29, 1.82) is 0 Å². The Labute approximate surface area is 159 Å². The maximum Gasteiger partial charge on any atom is 0.407 e. The minimum absolute atomic E-state index is 0.00268. The van der Waals surface area contributed by atoms with Gasteiger partial charge >= 0.3 is 6.09 Å². The molecule has 154 valence electrons. The second-order valence-electron chi connectivity index (χ2n) is 9.85. The highest BCUT2D eigenvalue weighted by molar-refractivity contribution is 7.85. The SMILES string of the molecule is CC(C)(C)[C@]1(COS(C)(=O)=O)C[C@@H](O[Si](C)(C)C(C)(C)C)CN1C(=O)O. The highest BCUT2D eigenvalue weighted by atomic mass is 32.2. The maximum atomic E-state index is 12.0. The van der Waals surface area contributed by atoms with Crippen LogP contribution in [-0.4, -0.2) is 63.9 Å². The van der Waals surface area contributed by atoms with E-state index < -0.39 is 35.5 Å².